The van der Waals surface area contributed by atoms with Crippen molar-refractivity contribution >= 4 is 17.7 Å². The number of carbonyl (C=O) groups is 1. The van der Waals surface area contributed by atoms with E-state index in [4.69, 9.17) is 4.74 Å². The zero-order valence-electron chi connectivity index (χ0n) is 12.5. The second kappa shape index (κ2) is 6.21. The normalized spacial score (nSPS) is 11.3. The average Bonchev–Trinajstić information content (AvgIpc) is 2.83. The summed E-state index contributed by atoms with van der Waals surface area (Å²) < 4.78 is 6.92. The van der Waals surface area contributed by atoms with E-state index in [-0.39, 0.29) is 5.91 Å². The number of benzene rings is 1. The second-order valence-electron chi connectivity index (χ2n) is 4.52. The van der Waals surface area contributed by atoms with E-state index in [0.717, 1.165) is 11.3 Å². The largest absolute Gasteiger partial charge is 0.497 e. The molecule has 1 N–H and O–H groups in total. The molecule has 2 rings (SSSR count). The monoisotopic (exact) mass is 286 g/mol. The molecular weight excluding hydrogens is 268 g/mol. The van der Waals surface area contributed by atoms with Crippen molar-refractivity contribution < 1.29 is 9.53 Å². The van der Waals surface area contributed by atoms with Gasteiger partial charge in [0.25, 0.3) is 5.91 Å². The van der Waals surface area contributed by atoms with Gasteiger partial charge in [0.15, 0.2) is 0 Å². The van der Waals surface area contributed by atoms with Gasteiger partial charge in [-0.15, -0.1) is 10.2 Å². The van der Waals surface area contributed by atoms with E-state index >= 15 is 0 Å². The minimum Gasteiger partial charge on any atom is -0.497 e. The van der Waals surface area contributed by atoms with E-state index in [1.165, 1.54) is 0 Å². The molecule has 0 radical (unpaired) electrons. The number of amides is 1. The van der Waals surface area contributed by atoms with Crippen molar-refractivity contribution in [2.75, 3.05) is 14.2 Å². The van der Waals surface area contributed by atoms with Crippen LogP contribution in [0.25, 0.3) is 11.8 Å². The van der Waals surface area contributed by atoms with Gasteiger partial charge in [0, 0.05) is 7.05 Å². The first-order valence-electron chi connectivity index (χ1n) is 6.53. The first kappa shape index (κ1) is 14.8. The predicted molar refractivity (Wildman–Crippen MR) is 80.7 cm³/mol. The second-order valence-corrected chi connectivity index (χ2v) is 4.52. The highest BCUT2D eigenvalue weighted by atomic mass is 16.5. The molecule has 0 aliphatic rings. The van der Waals surface area contributed by atoms with Crippen LogP contribution in [-0.4, -0.2) is 34.8 Å². The summed E-state index contributed by atoms with van der Waals surface area (Å²) in [5, 5.41) is 10.6. The highest BCUT2D eigenvalue weighted by molar-refractivity contribution is 6.18. The zero-order chi connectivity index (χ0) is 15.4. The fourth-order valence-corrected chi connectivity index (χ4v) is 2.07. The maximum absolute atomic E-state index is 12.2. The minimum absolute atomic E-state index is 0.205. The molecular formula is C15H18N4O2. The van der Waals surface area contributed by atoms with E-state index < -0.39 is 0 Å². The van der Waals surface area contributed by atoms with Crippen LogP contribution in [-0.2, 0) is 4.79 Å². The van der Waals surface area contributed by atoms with Crippen molar-refractivity contribution in [2.45, 2.75) is 13.8 Å². The van der Waals surface area contributed by atoms with Crippen LogP contribution >= 0.6 is 0 Å². The van der Waals surface area contributed by atoms with Crippen LogP contribution in [0.4, 0.5) is 0 Å². The molecule has 0 atom stereocenters. The number of aromatic nitrogens is 3. The number of likely N-dealkylation sites (N-methyl/N-ethyl adjacent to an activating group) is 1. The average molecular weight is 286 g/mol. The summed E-state index contributed by atoms with van der Waals surface area (Å²) in [4.78, 5) is 12.2. The Bertz CT molecular complexity index is 669. The first-order chi connectivity index (χ1) is 10.1. The van der Waals surface area contributed by atoms with Crippen molar-refractivity contribution in [1.82, 2.24) is 20.1 Å². The fourth-order valence-electron chi connectivity index (χ4n) is 2.07. The van der Waals surface area contributed by atoms with Crippen molar-refractivity contribution in [3.8, 4) is 5.75 Å². The van der Waals surface area contributed by atoms with Gasteiger partial charge in [-0.25, -0.2) is 0 Å². The van der Waals surface area contributed by atoms with E-state index in [9.17, 15) is 4.79 Å². The molecule has 0 spiro atoms. The third kappa shape index (κ3) is 3.10. The lowest BCUT2D eigenvalue weighted by molar-refractivity contribution is -0.115. The molecule has 110 valence electrons. The maximum Gasteiger partial charge on any atom is 0.268 e. The van der Waals surface area contributed by atoms with Crippen LogP contribution in [0.15, 0.2) is 24.3 Å². The van der Waals surface area contributed by atoms with Crippen molar-refractivity contribution in [1.29, 1.82) is 0 Å². The van der Waals surface area contributed by atoms with Crippen LogP contribution in [0.3, 0.4) is 0 Å². The Labute approximate surface area is 123 Å². The summed E-state index contributed by atoms with van der Waals surface area (Å²) in [5.41, 5.74) is 1.33. The summed E-state index contributed by atoms with van der Waals surface area (Å²) in [6, 6.07) is 7.49. The highest BCUT2D eigenvalue weighted by Gasteiger charge is 2.16. The van der Waals surface area contributed by atoms with Gasteiger partial charge in [-0.05, 0) is 37.6 Å². The van der Waals surface area contributed by atoms with Gasteiger partial charge in [-0.3, -0.25) is 9.36 Å². The van der Waals surface area contributed by atoms with Crippen molar-refractivity contribution in [3.05, 3.63) is 41.5 Å². The Kier molecular flexibility index (Phi) is 4.37. The standard InChI is InChI=1S/C15H18N4O2/c1-10-17-18-11(2)19(10)14(15(20)16-3)9-12-6-5-7-13(8-12)21-4/h5-9H,1-4H3,(H,16,20)/b14-9-. The van der Waals surface area contributed by atoms with E-state index in [0.29, 0.717) is 17.3 Å². The Morgan fingerprint density at radius 3 is 2.52 bits per heavy atom. The topological polar surface area (TPSA) is 69.0 Å². The number of methoxy groups -OCH3 is 1. The van der Waals surface area contributed by atoms with Gasteiger partial charge < -0.3 is 10.1 Å². The molecule has 21 heavy (non-hydrogen) atoms. The maximum atomic E-state index is 12.2. The van der Waals surface area contributed by atoms with Crippen LogP contribution in [0.5, 0.6) is 5.75 Å². The lowest BCUT2D eigenvalue weighted by Gasteiger charge is -2.11. The fraction of sp³-hybridized carbons (Fsp3) is 0.267. The van der Waals surface area contributed by atoms with Gasteiger partial charge in [-0.1, -0.05) is 12.1 Å². The molecule has 2 aromatic rings. The molecule has 0 aliphatic heterocycles. The lowest BCUT2D eigenvalue weighted by Crippen LogP contribution is -2.23. The third-order valence-electron chi connectivity index (χ3n) is 3.08. The Morgan fingerprint density at radius 2 is 1.95 bits per heavy atom. The van der Waals surface area contributed by atoms with Crippen LogP contribution in [0.2, 0.25) is 0 Å². The van der Waals surface area contributed by atoms with E-state index in [2.05, 4.69) is 15.5 Å². The summed E-state index contributed by atoms with van der Waals surface area (Å²) in [5.74, 6) is 1.84. The summed E-state index contributed by atoms with van der Waals surface area (Å²) in [7, 11) is 3.20. The Morgan fingerprint density at radius 1 is 1.29 bits per heavy atom. The van der Waals surface area contributed by atoms with Crippen LogP contribution in [0, 0.1) is 13.8 Å². The number of carbonyl (C=O) groups excluding carboxylic acids is 1. The molecule has 1 amide bonds. The lowest BCUT2D eigenvalue weighted by atomic mass is 10.1. The molecule has 1 heterocycles. The van der Waals surface area contributed by atoms with Crippen molar-refractivity contribution in [2.24, 2.45) is 0 Å². The Hall–Kier alpha value is -2.63. The number of rotatable bonds is 4. The quantitative estimate of drug-likeness (QED) is 0.868. The molecule has 0 aliphatic carbocycles. The molecule has 6 heteroatoms. The molecule has 0 bridgehead atoms. The minimum atomic E-state index is -0.205. The van der Waals surface area contributed by atoms with Gasteiger partial charge in [0.2, 0.25) is 0 Å². The summed E-state index contributed by atoms with van der Waals surface area (Å²) >= 11 is 0. The first-order valence-corrected chi connectivity index (χ1v) is 6.53. The molecule has 0 unspecified atom stereocenters. The third-order valence-corrected chi connectivity index (χ3v) is 3.08. The van der Waals surface area contributed by atoms with E-state index in [1.54, 1.807) is 24.8 Å². The number of ether oxygens (including phenoxy) is 1. The Balaban J connectivity index is 2.55. The number of nitrogens with zero attached hydrogens (tertiary/aromatic N) is 3. The number of aryl methyl sites for hydroxylation is 2. The van der Waals surface area contributed by atoms with Gasteiger partial charge in [-0.2, -0.15) is 0 Å². The number of hydrogen-bond acceptors (Lipinski definition) is 4. The predicted octanol–water partition coefficient (Wildman–Crippen LogP) is 1.65. The SMILES string of the molecule is CNC(=O)/C(=C/c1cccc(OC)c1)n1c(C)nnc1C. The van der Waals surface area contributed by atoms with E-state index in [1.807, 2.05) is 38.1 Å². The van der Waals surface area contributed by atoms with Crippen LogP contribution < -0.4 is 10.1 Å². The van der Waals surface area contributed by atoms with Gasteiger partial charge in [0.05, 0.1) is 7.11 Å². The smallest absolute Gasteiger partial charge is 0.268 e. The van der Waals surface area contributed by atoms with Crippen molar-refractivity contribution in [3.63, 3.8) is 0 Å². The summed E-state index contributed by atoms with van der Waals surface area (Å²) in [6.07, 6.45) is 1.78. The highest BCUT2D eigenvalue weighted by Crippen LogP contribution is 2.19. The molecule has 6 nitrogen and oxygen atoms in total. The van der Waals surface area contributed by atoms with Crippen LogP contribution in [0.1, 0.15) is 17.2 Å². The molecule has 1 aromatic heterocycles. The zero-order valence-corrected chi connectivity index (χ0v) is 12.5. The van der Waals surface area contributed by atoms with Gasteiger partial charge in [0.1, 0.15) is 23.1 Å². The number of nitrogens with one attached hydrogen (secondary N) is 1. The number of hydrogen-bond donors (Lipinski definition) is 1. The molecule has 1 aromatic carbocycles. The molecule has 0 fully saturated rings. The molecule has 0 saturated carbocycles. The van der Waals surface area contributed by atoms with Gasteiger partial charge >= 0.3 is 0 Å². The molecule has 0 saturated heterocycles. The summed E-state index contributed by atoms with van der Waals surface area (Å²) in [6.45, 7) is 3.62.